The maximum atomic E-state index is 12.7. The number of hydrogen-bond acceptors (Lipinski definition) is 11. The third-order valence-electron chi connectivity index (χ3n) is 12.0. The average Bonchev–Trinajstić information content (AvgIpc) is 3.52. The Morgan fingerprint density at radius 3 is 1.68 bits per heavy atom. The summed E-state index contributed by atoms with van der Waals surface area (Å²) in [6, 6.07) is 0. The topological polar surface area (TPSA) is 192 Å². The lowest BCUT2D eigenvalue weighted by Gasteiger charge is -2.20. The van der Waals surface area contributed by atoms with Crippen LogP contribution in [0, 0.1) is 11.8 Å². The number of aliphatic hydroxyl groups excluding tert-OH is 2. The molecule has 6 atom stereocenters. The predicted molar refractivity (Wildman–Crippen MR) is 248 cm³/mol. The number of carbonyl (C=O) groups is 3. The molecule has 1 aliphatic rings. The molecule has 13 heteroatoms. The van der Waals surface area contributed by atoms with E-state index in [0.29, 0.717) is 32.1 Å². The first kappa shape index (κ1) is 58.4. The number of hydrogen-bond donors (Lipinski definition) is 4. The van der Waals surface area contributed by atoms with E-state index < -0.39 is 44.7 Å². The second kappa shape index (κ2) is 39.7. The van der Waals surface area contributed by atoms with Crippen LogP contribution >= 0.6 is 7.82 Å². The van der Waals surface area contributed by atoms with E-state index in [1.54, 1.807) is 6.08 Å². The lowest BCUT2D eigenvalue weighted by molar-refractivity contribution is -0.161. The van der Waals surface area contributed by atoms with Gasteiger partial charge in [0, 0.05) is 37.6 Å². The van der Waals surface area contributed by atoms with Crippen molar-refractivity contribution < 1.29 is 52.6 Å². The summed E-state index contributed by atoms with van der Waals surface area (Å²) < 4.78 is 32.9. The third-order valence-corrected chi connectivity index (χ3v) is 13.0. The van der Waals surface area contributed by atoms with Crippen molar-refractivity contribution >= 4 is 25.5 Å². The maximum Gasteiger partial charge on any atom is 0.472 e. The minimum Gasteiger partial charge on any atom is -0.462 e. The number of ketones is 1. The molecule has 1 rings (SSSR count). The molecule has 0 aromatic carbocycles. The molecule has 1 saturated carbocycles. The fourth-order valence-electron chi connectivity index (χ4n) is 8.24. The Bertz CT molecular complexity index is 1190. The molecule has 0 aliphatic heterocycles. The minimum atomic E-state index is -4.44. The van der Waals surface area contributed by atoms with Crippen LogP contribution < -0.4 is 5.73 Å². The fourth-order valence-corrected chi connectivity index (χ4v) is 9.00. The van der Waals surface area contributed by atoms with Crippen molar-refractivity contribution in [3.63, 3.8) is 0 Å². The number of phosphoric ester groups is 1. The highest BCUT2D eigenvalue weighted by Gasteiger charge is 2.39. The summed E-state index contributed by atoms with van der Waals surface area (Å²) in [5, 5.41) is 20.7. The van der Waals surface area contributed by atoms with Gasteiger partial charge >= 0.3 is 19.8 Å². The van der Waals surface area contributed by atoms with E-state index in [0.717, 1.165) is 51.4 Å². The zero-order valence-corrected chi connectivity index (χ0v) is 40.2. The fraction of sp³-hybridized carbons (Fsp3) is 0.898. The number of ether oxygens (including phenoxy) is 2. The highest BCUT2D eigenvalue weighted by molar-refractivity contribution is 7.47. The largest absolute Gasteiger partial charge is 0.472 e. The average molecular weight is 902 g/mol. The van der Waals surface area contributed by atoms with Gasteiger partial charge in [0.2, 0.25) is 0 Å². The van der Waals surface area contributed by atoms with Crippen molar-refractivity contribution in [3.05, 3.63) is 12.2 Å². The predicted octanol–water partition coefficient (Wildman–Crippen LogP) is 11.5. The third kappa shape index (κ3) is 32.9. The summed E-state index contributed by atoms with van der Waals surface area (Å²) in [5.41, 5.74) is 5.36. The lowest BCUT2D eigenvalue weighted by Crippen LogP contribution is -2.29. The van der Waals surface area contributed by atoms with Gasteiger partial charge in [0.25, 0.3) is 0 Å². The molecule has 0 bridgehead atoms. The van der Waals surface area contributed by atoms with Crippen LogP contribution in [0.2, 0.25) is 0 Å². The molecule has 5 N–H and O–H groups in total. The smallest absolute Gasteiger partial charge is 0.462 e. The van der Waals surface area contributed by atoms with Gasteiger partial charge in [-0.15, -0.1) is 0 Å². The normalized spacial score (nSPS) is 18.6. The molecule has 12 nitrogen and oxygen atoms in total. The molecule has 0 radical (unpaired) electrons. The first-order valence-electron chi connectivity index (χ1n) is 25.3. The Labute approximate surface area is 377 Å². The molecule has 0 spiro atoms. The summed E-state index contributed by atoms with van der Waals surface area (Å²) in [5.74, 6) is -1.52. The Balaban J connectivity index is 2.26. The van der Waals surface area contributed by atoms with Crippen molar-refractivity contribution in [3.8, 4) is 0 Å². The van der Waals surface area contributed by atoms with Gasteiger partial charge in [-0.2, -0.15) is 0 Å². The lowest BCUT2D eigenvalue weighted by atomic mass is 9.88. The number of nitrogens with two attached hydrogens (primary N) is 1. The van der Waals surface area contributed by atoms with Crippen molar-refractivity contribution in [2.24, 2.45) is 17.6 Å². The molecule has 0 aromatic rings. The van der Waals surface area contributed by atoms with E-state index in [1.807, 2.05) is 6.08 Å². The molecular formula is C49H92NO11P. The van der Waals surface area contributed by atoms with Crippen molar-refractivity contribution in [1.82, 2.24) is 0 Å². The molecule has 0 saturated heterocycles. The van der Waals surface area contributed by atoms with Gasteiger partial charge in [0.05, 0.1) is 25.4 Å². The first-order chi connectivity index (χ1) is 30.0. The van der Waals surface area contributed by atoms with Crippen molar-refractivity contribution in [2.45, 2.75) is 244 Å². The van der Waals surface area contributed by atoms with Gasteiger partial charge in [-0.25, -0.2) is 4.57 Å². The molecule has 0 aromatic heterocycles. The summed E-state index contributed by atoms with van der Waals surface area (Å²) >= 11 is 0. The highest BCUT2D eigenvalue weighted by atomic mass is 31.2. The molecular weight excluding hydrogens is 810 g/mol. The molecule has 62 heavy (non-hydrogen) atoms. The van der Waals surface area contributed by atoms with Gasteiger partial charge in [-0.3, -0.25) is 23.4 Å². The van der Waals surface area contributed by atoms with Crippen LogP contribution in [0.15, 0.2) is 12.2 Å². The second-order valence-electron chi connectivity index (χ2n) is 17.8. The zero-order chi connectivity index (χ0) is 45.5. The summed E-state index contributed by atoms with van der Waals surface area (Å²) in [4.78, 5) is 47.8. The van der Waals surface area contributed by atoms with Crippen LogP contribution in [0.3, 0.4) is 0 Å². The highest BCUT2D eigenvalue weighted by Crippen LogP contribution is 2.43. The molecule has 1 unspecified atom stereocenters. The first-order valence-corrected chi connectivity index (χ1v) is 26.8. The van der Waals surface area contributed by atoms with Crippen LogP contribution in [0.5, 0.6) is 0 Å². The SMILES string of the molecule is CCCCCCCCCCCCCCCCCCCCCCCC(=O)OC[C@H](COP(=O)(O)OCCN)OC(=O)CCCCCC[C@H]1C(=O)C[C@@H](O)[C@@H]1/C=C/[C@@H](O)CCCCC. The van der Waals surface area contributed by atoms with Crippen molar-refractivity contribution in [1.29, 1.82) is 0 Å². The minimum absolute atomic E-state index is 0.0172. The van der Waals surface area contributed by atoms with Crippen LogP contribution in [0.25, 0.3) is 0 Å². The quantitative estimate of drug-likeness (QED) is 0.0196. The number of rotatable bonds is 44. The Morgan fingerprint density at radius 1 is 0.694 bits per heavy atom. The number of unbranched alkanes of at least 4 members (excludes halogenated alkanes) is 25. The van der Waals surface area contributed by atoms with E-state index in [-0.39, 0.29) is 56.6 Å². The summed E-state index contributed by atoms with van der Waals surface area (Å²) in [6.45, 7) is 3.40. The van der Waals surface area contributed by atoms with Crippen LogP contribution in [-0.4, -0.2) is 77.5 Å². The summed E-state index contributed by atoms with van der Waals surface area (Å²) in [7, 11) is -4.44. The van der Waals surface area contributed by atoms with E-state index in [1.165, 1.54) is 109 Å². The van der Waals surface area contributed by atoms with Gasteiger partial charge in [0.1, 0.15) is 12.4 Å². The van der Waals surface area contributed by atoms with Crippen LogP contribution in [-0.2, 0) is 37.5 Å². The van der Waals surface area contributed by atoms with E-state index in [9.17, 15) is 34.1 Å². The molecule has 0 amide bonds. The zero-order valence-electron chi connectivity index (χ0n) is 39.3. The monoisotopic (exact) mass is 902 g/mol. The number of aliphatic hydroxyl groups is 2. The molecule has 0 heterocycles. The Hall–Kier alpha value is -1.66. The van der Waals surface area contributed by atoms with E-state index in [4.69, 9.17) is 24.3 Å². The standard InChI is InChI=1S/C49H92NO11P/c1-3-5-7-8-9-10-11-12-13-14-15-16-17-18-19-20-21-22-23-24-29-33-48(54)58-40-43(41-60-62(56,57)59-38-37-50)61-49(55)34-30-26-25-28-32-44-45(47(53)39-46(44)52)36-35-42(51)31-27-6-4-2/h35-36,42-45,47,51,53H,3-34,37-41,50H2,1-2H3,(H,56,57)/b36-35+/t42-,43+,44+,45+,47+/m0/s1. The summed E-state index contributed by atoms with van der Waals surface area (Å²) in [6.07, 6.45) is 35.7. The number of phosphoric acid groups is 1. The van der Waals surface area contributed by atoms with Crippen molar-refractivity contribution in [2.75, 3.05) is 26.4 Å². The molecule has 364 valence electrons. The Kier molecular flexibility index (Phi) is 37.4. The molecule has 1 aliphatic carbocycles. The van der Waals surface area contributed by atoms with Crippen LogP contribution in [0.1, 0.15) is 226 Å². The van der Waals surface area contributed by atoms with Gasteiger partial charge in [-0.05, 0) is 25.7 Å². The molecule has 1 fully saturated rings. The second-order valence-corrected chi connectivity index (χ2v) is 19.3. The number of esters is 2. The number of Topliss-reactive ketones (excluding diaryl/α,β-unsaturated/α-hetero) is 1. The Morgan fingerprint density at radius 2 is 1.16 bits per heavy atom. The van der Waals surface area contributed by atoms with E-state index >= 15 is 0 Å². The maximum absolute atomic E-state index is 12.7. The van der Waals surface area contributed by atoms with E-state index in [2.05, 4.69) is 13.8 Å². The van der Waals surface area contributed by atoms with Gasteiger partial charge in [-0.1, -0.05) is 193 Å². The van der Waals surface area contributed by atoms with Crippen LogP contribution in [0.4, 0.5) is 0 Å². The van der Waals surface area contributed by atoms with Gasteiger partial charge in [0.15, 0.2) is 6.10 Å². The number of carbonyl (C=O) groups excluding carboxylic acids is 3. The van der Waals surface area contributed by atoms with Gasteiger partial charge < -0.3 is 30.3 Å².